The molecule has 0 aliphatic carbocycles. The number of carbonyl (C=O) groups excluding carboxylic acids is 2. The summed E-state index contributed by atoms with van der Waals surface area (Å²) in [5, 5.41) is 9.04. The van der Waals surface area contributed by atoms with Crippen LogP contribution in [0, 0.1) is 13.8 Å². The van der Waals surface area contributed by atoms with Gasteiger partial charge in [-0.25, -0.2) is 14.4 Å². The number of carboxylic acid groups (broad SMARTS) is 1. The molecule has 1 N–H and O–H groups in total. The van der Waals surface area contributed by atoms with Gasteiger partial charge in [-0.3, -0.25) is 0 Å². The summed E-state index contributed by atoms with van der Waals surface area (Å²) in [5.74, 6) is -2.23. The molecule has 0 radical (unpaired) electrons. The summed E-state index contributed by atoms with van der Waals surface area (Å²) >= 11 is 0. The van der Waals surface area contributed by atoms with Crippen LogP contribution in [-0.4, -0.2) is 40.8 Å². The average molecular weight is 359 g/mol. The van der Waals surface area contributed by atoms with Gasteiger partial charge in [0.25, 0.3) is 0 Å². The first-order chi connectivity index (χ1) is 12.3. The van der Waals surface area contributed by atoms with E-state index in [0.717, 1.165) is 0 Å². The number of hydrogen-bond donors (Lipinski definition) is 1. The van der Waals surface area contributed by atoms with Crippen LogP contribution in [0.4, 0.5) is 0 Å². The van der Waals surface area contributed by atoms with Crippen LogP contribution in [0.1, 0.15) is 56.3 Å². The van der Waals surface area contributed by atoms with E-state index in [1.165, 1.54) is 12.1 Å². The van der Waals surface area contributed by atoms with Crippen molar-refractivity contribution in [2.75, 3.05) is 13.2 Å². The summed E-state index contributed by atoms with van der Waals surface area (Å²) in [4.78, 5) is 35.9. The predicted molar refractivity (Wildman–Crippen MR) is 94.1 cm³/mol. The molecule has 0 bridgehead atoms. The van der Waals surface area contributed by atoms with Crippen LogP contribution >= 0.6 is 0 Å². The molecule has 2 rings (SSSR count). The van der Waals surface area contributed by atoms with Crippen molar-refractivity contribution in [3.05, 3.63) is 52.3 Å². The van der Waals surface area contributed by atoms with Crippen LogP contribution in [0.25, 0.3) is 5.69 Å². The Morgan fingerprint density at radius 1 is 0.885 bits per heavy atom. The summed E-state index contributed by atoms with van der Waals surface area (Å²) < 4.78 is 11.9. The number of rotatable bonds is 6. The van der Waals surface area contributed by atoms with E-state index in [2.05, 4.69) is 0 Å². The molecular weight excluding hydrogens is 338 g/mol. The van der Waals surface area contributed by atoms with Crippen molar-refractivity contribution in [3.8, 4) is 5.69 Å². The van der Waals surface area contributed by atoms with Gasteiger partial charge in [0.15, 0.2) is 0 Å². The topological polar surface area (TPSA) is 94.8 Å². The molecule has 7 nitrogen and oxygen atoms in total. The van der Waals surface area contributed by atoms with Crippen LogP contribution in [0.15, 0.2) is 24.3 Å². The van der Waals surface area contributed by atoms with E-state index in [1.807, 2.05) is 0 Å². The van der Waals surface area contributed by atoms with Gasteiger partial charge in [0, 0.05) is 17.1 Å². The van der Waals surface area contributed by atoms with E-state index in [0.29, 0.717) is 17.1 Å². The minimum Gasteiger partial charge on any atom is -0.478 e. The van der Waals surface area contributed by atoms with E-state index < -0.39 is 17.9 Å². The van der Waals surface area contributed by atoms with Crippen molar-refractivity contribution in [2.45, 2.75) is 27.7 Å². The minimum absolute atomic E-state index is 0.146. The molecule has 0 aliphatic heterocycles. The molecule has 1 heterocycles. The van der Waals surface area contributed by atoms with Crippen LogP contribution < -0.4 is 0 Å². The molecule has 2 aromatic rings. The van der Waals surface area contributed by atoms with Gasteiger partial charge < -0.3 is 19.1 Å². The Kier molecular flexibility index (Phi) is 5.82. The molecule has 26 heavy (non-hydrogen) atoms. The van der Waals surface area contributed by atoms with Gasteiger partial charge in [-0.1, -0.05) is 0 Å². The van der Waals surface area contributed by atoms with Crippen LogP contribution in [0.5, 0.6) is 0 Å². The Balaban J connectivity index is 2.66. The smallest absolute Gasteiger partial charge is 0.340 e. The van der Waals surface area contributed by atoms with Gasteiger partial charge in [-0.05, 0) is 52.0 Å². The Morgan fingerprint density at radius 2 is 1.31 bits per heavy atom. The van der Waals surface area contributed by atoms with Crippen molar-refractivity contribution >= 4 is 17.9 Å². The number of nitrogens with zero attached hydrogens (tertiary/aromatic N) is 1. The molecule has 1 aromatic heterocycles. The zero-order valence-corrected chi connectivity index (χ0v) is 15.2. The highest BCUT2D eigenvalue weighted by Crippen LogP contribution is 2.28. The zero-order valence-electron chi connectivity index (χ0n) is 15.2. The van der Waals surface area contributed by atoms with Crippen molar-refractivity contribution < 1.29 is 29.0 Å². The molecule has 138 valence electrons. The van der Waals surface area contributed by atoms with E-state index in [4.69, 9.17) is 14.6 Å². The first-order valence-electron chi connectivity index (χ1n) is 8.23. The van der Waals surface area contributed by atoms with Crippen LogP contribution in [-0.2, 0) is 9.47 Å². The fourth-order valence-corrected chi connectivity index (χ4v) is 2.88. The number of hydrogen-bond acceptors (Lipinski definition) is 5. The second-order valence-electron chi connectivity index (χ2n) is 5.55. The number of aromatic carboxylic acids is 1. The van der Waals surface area contributed by atoms with E-state index in [-0.39, 0.29) is 29.9 Å². The van der Waals surface area contributed by atoms with Gasteiger partial charge >= 0.3 is 17.9 Å². The molecule has 0 unspecified atom stereocenters. The second-order valence-corrected chi connectivity index (χ2v) is 5.55. The lowest BCUT2D eigenvalue weighted by atomic mass is 10.1. The van der Waals surface area contributed by atoms with Gasteiger partial charge in [0.1, 0.15) is 0 Å². The lowest BCUT2D eigenvalue weighted by Crippen LogP contribution is -2.13. The highest BCUT2D eigenvalue weighted by atomic mass is 16.5. The molecule has 0 aliphatic rings. The molecule has 0 atom stereocenters. The van der Waals surface area contributed by atoms with Gasteiger partial charge in [-0.15, -0.1) is 0 Å². The van der Waals surface area contributed by atoms with Crippen molar-refractivity contribution in [3.63, 3.8) is 0 Å². The third-order valence-corrected chi connectivity index (χ3v) is 3.98. The largest absolute Gasteiger partial charge is 0.478 e. The standard InChI is InChI=1S/C19H21NO6/c1-5-25-18(23)15-11(3)20(12(4)16(15)19(24)26-6-2)14-9-7-13(8-10-14)17(21)22/h7-10H,5-6H2,1-4H3,(H,21,22). The Labute approximate surface area is 151 Å². The first-order valence-corrected chi connectivity index (χ1v) is 8.23. The Morgan fingerprint density at radius 3 is 1.65 bits per heavy atom. The van der Waals surface area contributed by atoms with Gasteiger partial charge in [0.2, 0.25) is 0 Å². The lowest BCUT2D eigenvalue weighted by molar-refractivity contribution is 0.0479. The second kappa shape index (κ2) is 7.86. The third-order valence-electron chi connectivity index (χ3n) is 3.98. The van der Waals surface area contributed by atoms with Crippen molar-refractivity contribution in [2.24, 2.45) is 0 Å². The SMILES string of the molecule is CCOC(=O)c1c(C(=O)OCC)c(C)n(-c2ccc(C(=O)O)cc2)c1C. The lowest BCUT2D eigenvalue weighted by Gasteiger charge is -2.10. The average Bonchev–Trinajstić information content (AvgIpc) is 2.86. The fourth-order valence-electron chi connectivity index (χ4n) is 2.88. The molecule has 1 aromatic carbocycles. The maximum atomic E-state index is 12.4. The molecule has 0 spiro atoms. The number of carboxylic acids is 1. The number of ether oxygens (including phenoxy) is 2. The molecule has 0 amide bonds. The Bertz CT molecular complexity index is 806. The number of esters is 2. The van der Waals surface area contributed by atoms with Crippen LogP contribution in [0.2, 0.25) is 0 Å². The molecular formula is C19H21NO6. The maximum Gasteiger partial charge on any atom is 0.340 e. The number of aromatic nitrogens is 1. The quantitative estimate of drug-likeness (QED) is 0.796. The molecule has 7 heteroatoms. The highest BCUT2D eigenvalue weighted by Gasteiger charge is 2.29. The highest BCUT2D eigenvalue weighted by molar-refractivity contribution is 6.05. The monoisotopic (exact) mass is 359 g/mol. The summed E-state index contributed by atoms with van der Waals surface area (Å²) in [6.07, 6.45) is 0. The summed E-state index contributed by atoms with van der Waals surface area (Å²) in [5.41, 5.74) is 2.13. The van der Waals surface area contributed by atoms with Crippen molar-refractivity contribution in [1.29, 1.82) is 0 Å². The summed E-state index contributed by atoms with van der Waals surface area (Å²) in [6.45, 7) is 7.13. The molecule has 0 saturated carbocycles. The summed E-state index contributed by atoms with van der Waals surface area (Å²) in [6, 6.07) is 6.16. The molecule has 0 saturated heterocycles. The van der Waals surface area contributed by atoms with Gasteiger partial charge in [-0.2, -0.15) is 0 Å². The Hall–Kier alpha value is -3.09. The van der Waals surface area contributed by atoms with Gasteiger partial charge in [0.05, 0.1) is 29.9 Å². The first kappa shape index (κ1) is 19.2. The van der Waals surface area contributed by atoms with E-state index >= 15 is 0 Å². The normalized spacial score (nSPS) is 10.5. The predicted octanol–water partition coefficient (Wildman–Crippen LogP) is 3.15. The van der Waals surface area contributed by atoms with Crippen LogP contribution in [0.3, 0.4) is 0 Å². The van der Waals surface area contributed by atoms with E-state index in [9.17, 15) is 14.4 Å². The number of benzene rings is 1. The minimum atomic E-state index is -1.03. The third kappa shape index (κ3) is 3.46. The fraction of sp³-hybridized carbons (Fsp3) is 0.316. The molecule has 0 fully saturated rings. The maximum absolute atomic E-state index is 12.4. The van der Waals surface area contributed by atoms with E-state index in [1.54, 1.807) is 44.4 Å². The number of carbonyl (C=O) groups is 3. The van der Waals surface area contributed by atoms with Crippen molar-refractivity contribution in [1.82, 2.24) is 4.57 Å². The summed E-state index contributed by atoms with van der Waals surface area (Å²) in [7, 11) is 0. The zero-order chi connectivity index (χ0) is 19.4.